The minimum Gasteiger partial charge on any atom is -0.497 e. The first kappa shape index (κ1) is 23.8. The number of nitrogens with zero attached hydrogens (tertiary/aromatic N) is 3. The molecule has 3 rings (SSSR count). The van der Waals surface area contributed by atoms with Crippen molar-refractivity contribution in [2.24, 2.45) is 0 Å². The number of carbonyl (C=O) groups excluding carboxylic acids is 3. The van der Waals surface area contributed by atoms with Gasteiger partial charge < -0.3 is 19.7 Å². The van der Waals surface area contributed by atoms with Crippen LogP contribution in [-0.4, -0.2) is 59.8 Å². The van der Waals surface area contributed by atoms with Crippen LogP contribution in [0.5, 0.6) is 5.75 Å². The second-order valence-corrected chi connectivity index (χ2v) is 7.46. The zero-order valence-corrected chi connectivity index (χ0v) is 19.1. The van der Waals surface area contributed by atoms with Crippen LogP contribution in [0.1, 0.15) is 16.1 Å². The molecule has 2 amide bonds. The zero-order chi connectivity index (χ0) is 24.0. The fourth-order valence-electron chi connectivity index (χ4n) is 2.99. The highest BCUT2D eigenvalue weighted by molar-refractivity contribution is 6.33. The van der Waals surface area contributed by atoms with E-state index in [-0.39, 0.29) is 17.3 Å². The summed E-state index contributed by atoms with van der Waals surface area (Å²) >= 11 is 6.35. The van der Waals surface area contributed by atoms with Gasteiger partial charge in [0.2, 0.25) is 5.91 Å². The lowest BCUT2D eigenvalue weighted by molar-refractivity contribution is -0.136. The Morgan fingerprint density at radius 2 is 1.85 bits per heavy atom. The van der Waals surface area contributed by atoms with Crippen molar-refractivity contribution in [1.29, 1.82) is 0 Å². The van der Waals surface area contributed by atoms with Gasteiger partial charge in [-0.2, -0.15) is 5.10 Å². The predicted molar refractivity (Wildman–Crippen MR) is 123 cm³/mol. The molecule has 1 heterocycles. The first-order chi connectivity index (χ1) is 15.8. The molecule has 10 heteroatoms. The molecule has 1 aromatic heterocycles. The third-order valence-electron chi connectivity index (χ3n) is 4.70. The molecule has 0 unspecified atom stereocenters. The lowest BCUT2D eigenvalue weighted by Crippen LogP contribution is -2.37. The zero-order valence-electron chi connectivity index (χ0n) is 18.4. The Morgan fingerprint density at radius 3 is 2.55 bits per heavy atom. The van der Waals surface area contributed by atoms with E-state index >= 15 is 0 Å². The van der Waals surface area contributed by atoms with Crippen LogP contribution in [-0.2, 0) is 14.3 Å². The summed E-state index contributed by atoms with van der Waals surface area (Å²) in [6.45, 7) is 0.853. The van der Waals surface area contributed by atoms with Gasteiger partial charge in [-0.3, -0.25) is 9.59 Å². The van der Waals surface area contributed by atoms with E-state index in [1.54, 1.807) is 43.3 Å². The van der Waals surface area contributed by atoms with Gasteiger partial charge in [0, 0.05) is 18.8 Å². The molecule has 9 nitrogen and oxygen atoms in total. The van der Waals surface area contributed by atoms with Crippen molar-refractivity contribution in [2.75, 3.05) is 32.6 Å². The molecule has 0 aliphatic heterocycles. The number of amides is 2. The van der Waals surface area contributed by atoms with Gasteiger partial charge in [-0.25, -0.2) is 9.48 Å². The molecule has 0 radical (unpaired) electrons. The smallest absolute Gasteiger partial charge is 0.343 e. The summed E-state index contributed by atoms with van der Waals surface area (Å²) in [5.74, 6) is -1.14. The summed E-state index contributed by atoms with van der Waals surface area (Å²) < 4.78 is 11.7. The van der Waals surface area contributed by atoms with E-state index in [1.807, 2.05) is 18.2 Å². The molecular weight excluding hydrogens is 448 g/mol. The predicted octanol–water partition coefficient (Wildman–Crippen LogP) is 3.10. The molecule has 0 spiro atoms. The summed E-state index contributed by atoms with van der Waals surface area (Å²) in [5, 5.41) is 7.04. The van der Waals surface area contributed by atoms with E-state index < -0.39 is 24.4 Å². The standard InChI is InChI=1S/C23H23ClN4O5/c1-15-21(22(24)28(26-15)17-9-5-4-6-10-17)23(31)33-14-20(30)27(2)13-19(29)25-16-8-7-11-18(12-16)32-3/h4-12H,13-14H2,1-3H3,(H,25,29). The number of ether oxygens (including phenoxy) is 2. The molecule has 0 aliphatic carbocycles. The van der Waals surface area contributed by atoms with Gasteiger partial charge >= 0.3 is 5.97 Å². The van der Waals surface area contributed by atoms with Crippen molar-refractivity contribution in [3.63, 3.8) is 0 Å². The van der Waals surface area contributed by atoms with Gasteiger partial charge in [0.05, 0.1) is 25.0 Å². The molecule has 0 saturated heterocycles. The van der Waals surface area contributed by atoms with Crippen LogP contribution in [0.15, 0.2) is 54.6 Å². The van der Waals surface area contributed by atoms with Crippen molar-refractivity contribution >= 4 is 35.1 Å². The van der Waals surface area contributed by atoms with Crippen molar-refractivity contribution in [1.82, 2.24) is 14.7 Å². The Balaban J connectivity index is 1.56. The quantitative estimate of drug-likeness (QED) is 0.507. The highest BCUT2D eigenvalue weighted by atomic mass is 35.5. The summed E-state index contributed by atoms with van der Waals surface area (Å²) in [5.41, 5.74) is 1.66. The van der Waals surface area contributed by atoms with E-state index in [9.17, 15) is 14.4 Å². The van der Waals surface area contributed by atoms with E-state index in [1.165, 1.54) is 18.8 Å². The molecule has 33 heavy (non-hydrogen) atoms. The second kappa shape index (κ2) is 10.6. The van der Waals surface area contributed by atoms with Crippen LogP contribution >= 0.6 is 11.6 Å². The fourth-order valence-corrected chi connectivity index (χ4v) is 3.34. The maximum absolute atomic E-state index is 12.6. The Kier molecular flexibility index (Phi) is 7.68. The largest absolute Gasteiger partial charge is 0.497 e. The summed E-state index contributed by atoms with van der Waals surface area (Å²) in [6, 6.07) is 15.9. The Morgan fingerprint density at radius 1 is 1.12 bits per heavy atom. The third-order valence-corrected chi connectivity index (χ3v) is 5.04. The number of benzene rings is 2. The molecule has 1 N–H and O–H groups in total. The molecular formula is C23H23ClN4O5. The number of methoxy groups -OCH3 is 1. The fraction of sp³-hybridized carbons (Fsp3) is 0.217. The van der Waals surface area contributed by atoms with Gasteiger partial charge in [0.25, 0.3) is 5.91 Å². The lowest BCUT2D eigenvalue weighted by Gasteiger charge is -2.17. The first-order valence-corrected chi connectivity index (χ1v) is 10.3. The van der Waals surface area contributed by atoms with Gasteiger partial charge in [0.1, 0.15) is 16.5 Å². The highest BCUT2D eigenvalue weighted by Crippen LogP contribution is 2.24. The number of hydrogen-bond acceptors (Lipinski definition) is 6. The number of halogens is 1. The molecule has 0 atom stereocenters. The number of aryl methyl sites for hydroxylation is 1. The van der Waals surface area contributed by atoms with E-state index in [4.69, 9.17) is 21.1 Å². The molecule has 0 bridgehead atoms. The molecule has 172 valence electrons. The summed E-state index contributed by atoms with van der Waals surface area (Å²) in [6.07, 6.45) is 0. The Hall–Kier alpha value is -3.85. The monoisotopic (exact) mass is 470 g/mol. The number of esters is 1. The molecule has 2 aromatic carbocycles. The number of aromatic nitrogens is 2. The average Bonchev–Trinajstić information content (AvgIpc) is 3.11. The van der Waals surface area contributed by atoms with Gasteiger partial charge in [-0.15, -0.1) is 0 Å². The molecule has 0 fully saturated rings. The lowest BCUT2D eigenvalue weighted by atomic mass is 10.2. The number of likely N-dealkylation sites (N-methyl/N-ethyl adjacent to an activating group) is 1. The minimum absolute atomic E-state index is 0.0757. The van der Waals surface area contributed by atoms with Crippen LogP contribution in [0.4, 0.5) is 5.69 Å². The average molecular weight is 471 g/mol. The molecule has 3 aromatic rings. The summed E-state index contributed by atoms with van der Waals surface area (Å²) in [7, 11) is 2.96. The number of nitrogens with one attached hydrogen (secondary N) is 1. The minimum atomic E-state index is -0.776. The SMILES string of the molecule is COc1cccc(NC(=O)CN(C)C(=O)COC(=O)c2c(C)nn(-c3ccccc3)c2Cl)c1. The van der Waals surface area contributed by atoms with E-state index in [2.05, 4.69) is 10.4 Å². The first-order valence-electron chi connectivity index (χ1n) is 9.95. The van der Waals surface area contributed by atoms with E-state index in [0.717, 1.165) is 4.90 Å². The van der Waals surface area contributed by atoms with Gasteiger partial charge in [0.15, 0.2) is 6.61 Å². The number of para-hydroxylation sites is 1. The van der Waals surface area contributed by atoms with Crippen LogP contribution in [0.25, 0.3) is 5.69 Å². The third kappa shape index (κ3) is 5.89. The Bertz CT molecular complexity index is 1160. The maximum atomic E-state index is 12.6. The number of hydrogen-bond donors (Lipinski definition) is 1. The van der Waals surface area contributed by atoms with E-state index in [0.29, 0.717) is 22.8 Å². The normalized spacial score (nSPS) is 10.4. The van der Waals surface area contributed by atoms with Crippen molar-refractivity contribution in [3.05, 3.63) is 71.0 Å². The highest BCUT2D eigenvalue weighted by Gasteiger charge is 2.24. The van der Waals surface area contributed by atoms with Gasteiger partial charge in [-0.05, 0) is 31.2 Å². The van der Waals surface area contributed by atoms with Gasteiger partial charge in [-0.1, -0.05) is 35.9 Å². The Labute approximate surface area is 195 Å². The van der Waals surface area contributed by atoms with Crippen molar-refractivity contribution < 1.29 is 23.9 Å². The van der Waals surface area contributed by atoms with Crippen LogP contribution in [0, 0.1) is 6.92 Å². The number of anilines is 1. The van der Waals surface area contributed by atoms with Crippen LogP contribution < -0.4 is 10.1 Å². The summed E-state index contributed by atoms with van der Waals surface area (Å²) in [4.78, 5) is 38.3. The molecule has 0 aliphatic rings. The maximum Gasteiger partial charge on any atom is 0.343 e. The van der Waals surface area contributed by atoms with Crippen molar-refractivity contribution in [3.8, 4) is 11.4 Å². The number of rotatable bonds is 8. The number of carbonyl (C=O) groups is 3. The van der Waals surface area contributed by atoms with Crippen molar-refractivity contribution in [2.45, 2.75) is 6.92 Å². The van der Waals surface area contributed by atoms with Crippen LogP contribution in [0.3, 0.4) is 0 Å². The van der Waals surface area contributed by atoms with Crippen LogP contribution in [0.2, 0.25) is 5.15 Å². The second-order valence-electron chi connectivity index (χ2n) is 7.10. The topological polar surface area (TPSA) is 103 Å². The molecule has 0 saturated carbocycles.